The number of hydrogen-bond donors (Lipinski definition) is 2. The van der Waals surface area contributed by atoms with Crippen molar-refractivity contribution in [2.75, 3.05) is 11.9 Å². The van der Waals surface area contributed by atoms with Gasteiger partial charge in [0, 0.05) is 20.0 Å². The van der Waals surface area contributed by atoms with Crippen LogP contribution in [0, 0.1) is 0 Å². The Labute approximate surface area is 141 Å². The number of hydrogen-bond acceptors (Lipinski definition) is 2. The molecule has 1 atom stereocenters. The van der Waals surface area contributed by atoms with Crippen molar-refractivity contribution in [2.45, 2.75) is 18.9 Å². The molecule has 108 valence electrons. The monoisotopic (exact) mass is 468 g/mol. The molecule has 5 nitrogen and oxygen atoms in total. The summed E-state index contributed by atoms with van der Waals surface area (Å²) < 4.78 is 2.27. The number of anilines is 1. The number of carbonyl (C=O) groups excluding carboxylic acids is 1. The molecule has 0 bridgehead atoms. The van der Waals surface area contributed by atoms with E-state index in [1.807, 2.05) is 0 Å². The highest BCUT2D eigenvalue weighted by molar-refractivity contribution is 9.11. The Bertz CT molecular complexity index is 542. The lowest BCUT2D eigenvalue weighted by Gasteiger charge is -2.22. The summed E-state index contributed by atoms with van der Waals surface area (Å²) in [5.74, 6) is -0.966. The van der Waals surface area contributed by atoms with Gasteiger partial charge in [-0.05, 0) is 56.8 Å². The molecule has 1 aromatic carbocycles. The van der Waals surface area contributed by atoms with E-state index in [4.69, 9.17) is 5.11 Å². The molecular formula is C12H11Br3N2O3. The topological polar surface area (TPSA) is 69.6 Å². The number of likely N-dealkylation sites (tertiary alicyclic amines) is 1. The van der Waals surface area contributed by atoms with Gasteiger partial charge < -0.3 is 15.3 Å². The van der Waals surface area contributed by atoms with Crippen LogP contribution < -0.4 is 5.32 Å². The average Bonchev–Trinajstić information content (AvgIpc) is 2.82. The molecule has 20 heavy (non-hydrogen) atoms. The molecule has 0 saturated carbocycles. The van der Waals surface area contributed by atoms with Crippen LogP contribution in [-0.4, -0.2) is 34.6 Å². The van der Waals surface area contributed by atoms with Gasteiger partial charge in [0.2, 0.25) is 0 Å². The highest BCUT2D eigenvalue weighted by atomic mass is 79.9. The molecule has 1 heterocycles. The van der Waals surface area contributed by atoms with Gasteiger partial charge in [-0.1, -0.05) is 15.9 Å². The second-order valence-electron chi connectivity index (χ2n) is 4.36. The number of carbonyl (C=O) groups is 2. The number of halogens is 3. The van der Waals surface area contributed by atoms with Gasteiger partial charge in [-0.2, -0.15) is 0 Å². The minimum absolute atomic E-state index is 0.404. The molecule has 0 radical (unpaired) electrons. The number of carboxylic acid groups (broad SMARTS) is 1. The Balaban J connectivity index is 2.18. The summed E-state index contributed by atoms with van der Waals surface area (Å²) in [7, 11) is 0. The maximum Gasteiger partial charge on any atom is 0.326 e. The lowest BCUT2D eigenvalue weighted by molar-refractivity contribution is -0.141. The quantitative estimate of drug-likeness (QED) is 0.685. The number of rotatable bonds is 2. The third-order valence-electron chi connectivity index (χ3n) is 3.04. The highest BCUT2D eigenvalue weighted by Crippen LogP contribution is 2.34. The highest BCUT2D eigenvalue weighted by Gasteiger charge is 2.34. The van der Waals surface area contributed by atoms with E-state index in [9.17, 15) is 9.59 Å². The van der Waals surface area contributed by atoms with Crippen molar-refractivity contribution in [1.29, 1.82) is 0 Å². The summed E-state index contributed by atoms with van der Waals surface area (Å²) in [6, 6.07) is 2.46. The maximum absolute atomic E-state index is 12.2. The van der Waals surface area contributed by atoms with Crippen LogP contribution in [0.15, 0.2) is 25.6 Å². The van der Waals surface area contributed by atoms with Crippen LogP contribution in [0.3, 0.4) is 0 Å². The Morgan fingerprint density at radius 2 is 1.85 bits per heavy atom. The van der Waals surface area contributed by atoms with Crippen molar-refractivity contribution in [3.05, 3.63) is 25.6 Å². The molecule has 2 N–H and O–H groups in total. The molecule has 0 aromatic heterocycles. The van der Waals surface area contributed by atoms with Gasteiger partial charge in [0.1, 0.15) is 6.04 Å². The van der Waals surface area contributed by atoms with Crippen LogP contribution in [-0.2, 0) is 4.79 Å². The summed E-state index contributed by atoms with van der Waals surface area (Å²) in [6.45, 7) is 0.453. The molecule has 2 rings (SSSR count). The first-order valence-corrected chi connectivity index (χ1v) is 8.23. The first-order chi connectivity index (χ1) is 9.40. The van der Waals surface area contributed by atoms with E-state index in [1.54, 1.807) is 12.1 Å². The van der Waals surface area contributed by atoms with Gasteiger partial charge in [-0.25, -0.2) is 9.59 Å². The molecule has 8 heteroatoms. The second-order valence-corrected chi connectivity index (χ2v) is 6.99. The van der Waals surface area contributed by atoms with E-state index in [2.05, 4.69) is 53.1 Å². The predicted octanol–water partition coefficient (Wildman–Crippen LogP) is 4.06. The number of aliphatic carboxylic acids is 1. The number of benzene rings is 1. The molecule has 1 saturated heterocycles. The van der Waals surface area contributed by atoms with Gasteiger partial charge >= 0.3 is 12.0 Å². The van der Waals surface area contributed by atoms with E-state index in [0.717, 1.165) is 4.47 Å². The lowest BCUT2D eigenvalue weighted by Crippen LogP contribution is -2.42. The van der Waals surface area contributed by atoms with Crippen LogP contribution in [0.25, 0.3) is 0 Å². The van der Waals surface area contributed by atoms with E-state index in [1.165, 1.54) is 4.90 Å². The minimum Gasteiger partial charge on any atom is -0.480 e. The summed E-state index contributed by atoms with van der Waals surface area (Å²) in [4.78, 5) is 24.7. The Morgan fingerprint density at radius 3 is 2.40 bits per heavy atom. The van der Waals surface area contributed by atoms with E-state index in [0.29, 0.717) is 34.0 Å². The summed E-state index contributed by atoms with van der Waals surface area (Å²) in [5, 5.41) is 11.8. The van der Waals surface area contributed by atoms with Gasteiger partial charge in [-0.3, -0.25) is 0 Å². The van der Waals surface area contributed by atoms with Crippen molar-refractivity contribution in [3.8, 4) is 0 Å². The Hall–Kier alpha value is -0.600. The fraction of sp³-hybridized carbons (Fsp3) is 0.333. The first-order valence-electron chi connectivity index (χ1n) is 5.85. The molecule has 1 aliphatic rings. The third-order valence-corrected chi connectivity index (χ3v) is 4.75. The van der Waals surface area contributed by atoms with Crippen LogP contribution in [0.2, 0.25) is 0 Å². The zero-order valence-electron chi connectivity index (χ0n) is 10.2. The molecule has 2 amide bonds. The zero-order valence-corrected chi connectivity index (χ0v) is 15.0. The summed E-state index contributed by atoms with van der Waals surface area (Å²) >= 11 is 10.1. The molecule has 1 aromatic rings. The Morgan fingerprint density at radius 1 is 1.25 bits per heavy atom. The maximum atomic E-state index is 12.2. The van der Waals surface area contributed by atoms with E-state index in [-0.39, 0.29) is 0 Å². The third kappa shape index (κ3) is 3.35. The van der Waals surface area contributed by atoms with Crippen molar-refractivity contribution in [1.82, 2.24) is 4.90 Å². The molecule has 0 unspecified atom stereocenters. The first kappa shape index (κ1) is 15.8. The number of urea groups is 1. The van der Waals surface area contributed by atoms with E-state index < -0.39 is 18.0 Å². The lowest BCUT2D eigenvalue weighted by atomic mass is 10.2. The number of amides is 2. The zero-order chi connectivity index (χ0) is 14.9. The van der Waals surface area contributed by atoms with Crippen molar-refractivity contribution in [2.24, 2.45) is 0 Å². The van der Waals surface area contributed by atoms with Crippen LogP contribution in [0.5, 0.6) is 0 Å². The largest absolute Gasteiger partial charge is 0.480 e. The average molecular weight is 471 g/mol. The SMILES string of the molecule is O=C(O)[C@@H]1CCCN1C(=O)Nc1c(Br)cc(Br)cc1Br. The van der Waals surface area contributed by atoms with Gasteiger partial charge in [-0.15, -0.1) is 0 Å². The predicted molar refractivity (Wildman–Crippen MR) is 85.9 cm³/mol. The molecule has 0 aliphatic carbocycles. The Kier molecular flexibility index (Phi) is 5.09. The van der Waals surface area contributed by atoms with Crippen molar-refractivity contribution in [3.63, 3.8) is 0 Å². The van der Waals surface area contributed by atoms with Crippen LogP contribution in [0.4, 0.5) is 10.5 Å². The van der Waals surface area contributed by atoms with Gasteiger partial charge in [0.05, 0.1) is 5.69 Å². The van der Waals surface area contributed by atoms with Crippen LogP contribution >= 0.6 is 47.8 Å². The van der Waals surface area contributed by atoms with E-state index >= 15 is 0 Å². The molecule has 1 fully saturated rings. The number of nitrogens with zero attached hydrogens (tertiary/aromatic N) is 1. The summed E-state index contributed by atoms with van der Waals surface area (Å²) in [5.41, 5.74) is 0.578. The van der Waals surface area contributed by atoms with Crippen molar-refractivity contribution >= 4 is 65.5 Å². The normalized spacial score (nSPS) is 18.1. The minimum atomic E-state index is -0.966. The fourth-order valence-corrected chi connectivity index (χ4v) is 4.56. The smallest absolute Gasteiger partial charge is 0.326 e. The second kappa shape index (κ2) is 6.44. The van der Waals surface area contributed by atoms with Gasteiger partial charge in [0.15, 0.2) is 0 Å². The molecular weight excluding hydrogens is 460 g/mol. The van der Waals surface area contributed by atoms with Crippen LogP contribution in [0.1, 0.15) is 12.8 Å². The number of carboxylic acids is 1. The number of nitrogens with one attached hydrogen (secondary N) is 1. The standard InChI is InChI=1S/C12H11Br3N2O3/c13-6-4-7(14)10(8(15)5-6)16-12(20)17-3-1-2-9(17)11(18)19/h4-5,9H,1-3H2,(H,16,20)(H,18,19)/t9-/m0/s1. The molecule has 0 spiro atoms. The fourth-order valence-electron chi connectivity index (χ4n) is 2.11. The van der Waals surface area contributed by atoms with Gasteiger partial charge in [0.25, 0.3) is 0 Å². The molecule has 1 aliphatic heterocycles. The van der Waals surface area contributed by atoms with Crippen molar-refractivity contribution < 1.29 is 14.7 Å². The summed E-state index contributed by atoms with van der Waals surface area (Å²) in [6.07, 6.45) is 1.19.